The first-order valence-electron chi connectivity index (χ1n) is 7.83. The Bertz CT molecular complexity index is 646. The molecule has 1 aromatic rings. The summed E-state index contributed by atoms with van der Waals surface area (Å²) in [5.74, 6) is 1.48. The molecule has 110 valence electrons. The Morgan fingerprint density at radius 1 is 1.29 bits per heavy atom. The van der Waals surface area contributed by atoms with E-state index >= 15 is 0 Å². The van der Waals surface area contributed by atoms with Crippen molar-refractivity contribution in [1.29, 1.82) is 0 Å². The summed E-state index contributed by atoms with van der Waals surface area (Å²) in [5, 5.41) is 3.20. The van der Waals surface area contributed by atoms with E-state index in [4.69, 9.17) is 0 Å². The molecule has 21 heavy (non-hydrogen) atoms. The third kappa shape index (κ3) is 1.63. The topological polar surface area (TPSA) is 32.3 Å². The van der Waals surface area contributed by atoms with Crippen LogP contribution >= 0.6 is 0 Å². The fraction of sp³-hybridized carbons (Fsp3) is 0.500. The van der Waals surface area contributed by atoms with E-state index in [1.807, 2.05) is 24.3 Å². The summed E-state index contributed by atoms with van der Waals surface area (Å²) in [4.78, 5) is 14.6. The lowest BCUT2D eigenvalue weighted by atomic mass is 9.48. The van der Waals surface area contributed by atoms with Gasteiger partial charge in [-0.1, -0.05) is 32.1 Å². The first-order chi connectivity index (χ1) is 10.00. The average molecular weight is 282 g/mol. The molecule has 1 aromatic carbocycles. The molecule has 4 aliphatic rings. The Hall–Kier alpha value is -1.77. The highest BCUT2D eigenvalue weighted by molar-refractivity contribution is 6.02. The third-order valence-electron chi connectivity index (χ3n) is 6.01. The summed E-state index contributed by atoms with van der Waals surface area (Å²) in [6.45, 7) is 4.74. The van der Waals surface area contributed by atoms with Crippen molar-refractivity contribution in [2.24, 2.45) is 17.3 Å². The van der Waals surface area contributed by atoms with Gasteiger partial charge in [0.1, 0.15) is 6.17 Å². The largest absolute Gasteiger partial charge is 0.350 e. The van der Waals surface area contributed by atoms with Crippen molar-refractivity contribution in [2.75, 3.05) is 11.9 Å². The maximum Gasteiger partial charge on any atom is 0.255 e. The first-order valence-corrected chi connectivity index (χ1v) is 7.83. The molecule has 0 spiro atoms. The van der Waals surface area contributed by atoms with Crippen LogP contribution in [0.2, 0.25) is 0 Å². The molecule has 3 atom stereocenters. The molecule has 0 saturated heterocycles. The van der Waals surface area contributed by atoms with Crippen molar-refractivity contribution in [2.45, 2.75) is 32.9 Å². The van der Waals surface area contributed by atoms with Gasteiger partial charge in [0, 0.05) is 7.05 Å². The smallest absolute Gasteiger partial charge is 0.255 e. The van der Waals surface area contributed by atoms with E-state index in [-0.39, 0.29) is 12.1 Å². The number of benzene rings is 1. The summed E-state index contributed by atoms with van der Waals surface area (Å²) < 4.78 is 0. The zero-order valence-corrected chi connectivity index (χ0v) is 12.9. The molecule has 1 fully saturated rings. The maximum absolute atomic E-state index is 12.4. The summed E-state index contributed by atoms with van der Waals surface area (Å²) in [5.41, 5.74) is 3.60. The molecule has 0 radical (unpaired) electrons. The second kappa shape index (κ2) is 4.12. The van der Waals surface area contributed by atoms with E-state index in [2.05, 4.69) is 37.2 Å². The van der Waals surface area contributed by atoms with Crippen LogP contribution in [0.5, 0.6) is 0 Å². The Morgan fingerprint density at radius 2 is 2.05 bits per heavy atom. The highest BCUT2D eigenvalue weighted by Gasteiger charge is 2.53. The highest BCUT2D eigenvalue weighted by atomic mass is 16.2. The van der Waals surface area contributed by atoms with Crippen molar-refractivity contribution in [3.8, 4) is 0 Å². The van der Waals surface area contributed by atoms with Crippen molar-refractivity contribution in [3.05, 3.63) is 41.5 Å². The number of anilines is 1. The van der Waals surface area contributed by atoms with E-state index in [9.17, 15) is 4.79 Å². The average Bonchev–Trinajstić information content (AvgIpc) is 2.50. The molecule has 1 saturated carbocycles. The van der Waals surface area contributed by atoms with E-state index in [1.165, 1.54) is 12.0 Å². The van der Waals surface area contributed by atoms with Crippen LogP contribution < -0.4 is 10.2 Å². The molecule has 1 heterocycles. The van der Waals surface area contributed by atoms with Crippen molar-refractivity contribution >= 4 is 11.6 Å². The lowest BCUT2D eigenvalue weighted by molar-refractivity contribution is -0.0109. The normalized spacial score (nSPS) is 32.7. The van der Waals surface area contributed by atoms with Gasteiger partial charge in [-0.05, 0) is 47.8 Å². The van der Waals surface area contributed by atoms with Crippen LogP contribution in [-0.4, -0.2) is 19.1 Å². The molecule has 3 aliphatic carbocycles. The van der Waals surface area contributed by atoms with E-state index in [1.54, 1.807) is 0 Å². The number of rotatable bonds is 1. The monoisotopic (exact) mass is 282 g/mol. The van der Waals surface area contributed by atoms with Crippen LogP contribution in [0.15, 0.2) is 35.9 Å². The zero-order chi connectivity index (χ0) is 14.8. The number of amides is 1. The number of carbonyl (C=O) groups excluding carboxylic acids is 1. The zero-order valence-electron chi connectivity index (χ0n) is 12.9. The van der Waals surface area contributed by atoms with Gasteiger partial charge in [-0.15, -0.1) is 0 Å². The number of nitrogens with one attached hydrogen (secondary N) is 1. The van der Waals surface area contributed by atoms with E-state index in [0.717, 1.165) is 23.6 Å². The Labute approximate surface area is 126 Å². The number of hydrogen-bond acceptors (Lipinski definition) is 2. The molecule has 1 aliphatic heterocycles. The lowest BCUT2D eigenvalue weighted by Crippen LogP contribution is -2.58. The minimum Gasteiger partial charge on any atom is -0.350 e. The second-order valence-electron chi connectivity index (χ2n) is 7.25. The van der Waals surface area contributed by atoms with E-state index in [0.29, 0.717) is 11.3 Å². The number of nitrogens with zero attached hydrogens (tertiary/aromatic N) is 1. The summed E-state index contributed by atoms with van der Waals surface area (Å²) in [6, 6.07) is 7.87. The number of fused-ring (bicyclic) bond motifs is 2. The highest BCUT2D eigenvalue weighted by Crippen LogP contribution is 2.60. The predicted octanol–water partition coefficient (Wildman–Crippen LogP) is 3.18. The molecule has 1 N–H and O–H groups in total. The molecule has 5 rings (SSSR count). The van der Waals surface area contributed by atoms with Crippen LogP contribution in [-0.2, 0) is 0 Å². The quantitative estimate of drug-likeness (QED) is 0.802. The van der Waals surface area contributed by atoms with Gasteiger partial charge in [-0.2, -0.15) is 0 Å². The van der Waals surface area contributed by atoms with Crippen molar-refractivity contribution in [1.82, 2.24) is 5.32 Å². The van der Waals surface area contributed by atoms with Crippen molar-refractivity contribution in [3.63, 3.8) is 0 Å². The number of allylic oxidation sites excluding steroid dienone is 1. The molecule has 3 nitrogen and oxygen atoms in total. The Morgan fingerprint density at radius 3 is 2.76 bits per heavy atom. The standard InChI is InChI=1S/C18H22N2O/c1-18(2)11-8-9-12(14(18)10-11)16-19-17(21)13-6-4-5-7-15(13)20(16)3/h4-7,9,11,14,16H,8,10H2,1-3H3,(H,19,21). The third-order valence-corrected chi connectivity index (χ3v) is 6.01. The van der Waals surface area contributed by atoms with Gasteiger partial charge in [0.25, 0.3) is 5.91 Å². The minimum absolute atomic E-state index is 0.0120. The molecular formula is C18H22N2O. The summed E-state index contributed by atoms with van der Waals surface area (Å²) in [6.07, 6.45) is 4.82. The van der Waals surface area contributed by atoms with Gasteiger partial charge in [-0.25, -0.2) is 0 Å². The number of likely N-dealkylation sites (N-methyl/N-ethyl adjacent to an activating group) is 1. The molecule has 3 heteroatoms. The minimum atomic E-state index is 0.0120. The molecule has 0 aromatic heterocycles. The Kier molecular flexibility index (Phi) is 2.54. The summed E-state index contributed by atoms with van der Waals surface area (Å²) >= 11 is 0. The fourth-order valence-electron chi connectivity index (χ4n) is 4.42. The Balaban J connectivity index is 1.72. The van der Waals surface area contributed by atoms with E-state index < -0.39 is 0 Å². The van der Waals surface area contributed by atoms with Gasteiger partial charge in [0.2, 0.25) is 0 Å². The van der Waals surface area contributed by atoms with Crippen LogP contribution in [0.4, 0.5) is 5.69 Å². The number of hydrogen-bond donors (Lipinski definition) is 1. The van der Waals surface area contributed by atoms with Crippen LogP contribution in [0, 0.1) is 17.3 Å². The van der Waals surface area contributed by atoms with Crippen LogP contribution in [0.3, 0.4) is 0 Å². The summed E-state index contributed by atoms with van der Waals surface area (Å²) in [7, 11) is 2.08. The lowest BCUT2D eigenvalue weighted by Gasteiger charge is -2.58. The van der Waals surface area contributed by atoms with Gasteiger partial charge >= 0.3 is 0 Å². The number of carbonyl (C=O) groups is 1. The van der Waals surface area contributed by atoms with Gasteiger partial charge in [0.05, 0.1) is 11.3 Å². The van der Waals surface area contributed by atoms with Crippen LogP contribution in [0.1, 0.15) is 37.0 Å². The van der Waals surface area contributed by atoms with Gasteiger partial charge < -0.3 is 10.2 Å². The molecule has 3 unspecified atom stereocenters. The molecular weight excluding hydrogens is 260 g/mol. The predicted molar refractivity (Wildman–Crippen MR) is 84.2 cm³/mol. The van der Waals surface area contributed by atoms with Crippen LogP contribution in [0.25, 0.3) is 0 Å². The second-order valence-corrected chi connectivity index (χ2v) is 7.25. The van der Waals surface area contributed by atoms with Gasteiger partial charge in [0.15, 0.2) is 0 Å². The molecule has 1 amide bonds. The van der Waals surface area contributed by atoms with Crippen molar-refractivity contribution < 1.29 is 4.79 Å². The van der Waals surface area contributed by atoms with Gasteiger partial charge in [-0.3, -0.25) is 4.79 Å². The molecule has 2 bridgehead atoms. The SMILES string of the molecule is CN1c2ccccc2C(=O)NC1C1=CCC2CC1C2(C)C. The number of para-hydroxylation sites is 1. The first kappa shape index (κ1) is 12.9. The fourth-order valence-corrected chi connectivity index (χ4v) is 4.42. The maximum atomic E-state index is 12.4.